The van der Waals surface area contributed by atoms with Gasteiger partial charge in [0.25, 0.3) is 0 Å². The van der Waals surface area contributed by atoms with E-state index in [1.807, 2.05) is 18.5 Å². The predicted molar refractivity (Wildman–Crippen MR) is 61.4 cm³/mol. The molecule has 0 amide bonds. The summed E-state index contributed by atoms with van der Waals surface area (Å²) in [5.41, 5.74) is 2.89. The average molecular weight is 200 g/mol. The highest BCUT2D eigenvalue weighted by molar-refractivity contribution is 5.52. The van der Waals surface area contributed by atoms with Crippen molar-refractivity contribution in [1.82, 2.24) is 9.88 Å². The van der Waals surface area contributed by atoms with Gasteiger partial charge in [-0.05, 0) is 36.9 Å². The number of piperidine rings is 1. The lowest BCUT2D eigenvalue weighted by atomic mass is 9.92. The first kappa shape index (κ1) is 9.10. The lowest BCUT2D eigenvalue weighted by Crippen LogP contribution is -2.27. The number of fused-ring (bicyclic) bond motifs is 2. The van der Waals surface area contributed by atoms with Gasteiger partial charge in [-0.25, -0.2) is 0 Å². The monoisotopic (exact) mass is 200 g/mol. The summed E-state index contributed by atoms with van der Waals surface area (Å²) in [5.74, 6) is 0.818. The lowest BCUT2D eigenvalue weighted by Gasteiger charge is -2.24. The quantitative estimate of drug-likeness (QED) is 0.691. The number of pyridine rings is 1. The van der Waals surface area contributed by atoms with Crippen molar-refractivity contribution in [1.29, 1.82) is 0 Å². The van der Waals surface area contributed by atoms with Crippen molar-refractivity contribution < 1.29 is 0 Å². The SMILES string of the molecule is C(=C1CCN2CCC1C2)c1cccnc1. The molecule has 2 heteroatoms. The highest BCUT2D eigenvalue weighted by Gasteiger charge is 2.29. The Bertz CT molecular complexity index is 369. The molecule has 0 aliphatic carbocycles. The summed E-state index contributed by atoms with van der Waals surface area (Å²) < 4.78 is 0. The second kappa shape index (κ2) is 3.78. The molecule has 0 aromatic carbocycles. The van der Waals surface area contributed by atoms with Gasteiger partial charge in [-0.2, -0.15) is 0 Å². The topological polar surface area (TPSA) is 16.1 Å². The van der Waals surface area contributed by atoms with E-state index < -0.39 is 0 Å². The van der Waals surface area contributed by atoms with Crippen molar-refractivity contribution in [3.63, 3.8) is 0 Å². The maximum absolute atomic E-state index is 4.16. The number of aromatic nitrogens is 1. The molecular weight excluding hydrogens is 184 g/mol. The van der Waals surface area contributed by atoms with Crippen LogP contribution in [0.3, 0.4) is 0 Å². The van der Waals surface area contributed by atoms with Crippen molar-refractivity contribution in [2.75, 3.05) is 19.6 Å². The maximum Gasteiger partial charge on any atom is 0.0340 e. The molecule has 15 heavy (non-hydrogen) atoms. The first-order chi connectivity index (χ1) is 7.42. The molecule has 0 spiro atoms. The maximum atomic E-state index is 4.16. The summed E-state index contributed by atoms with van der Waals surface area (Å²) in [4.78, 5) is 6.73. The first-order valence-corrected chi connectivity index (χ1v) is 5.75. The van der Waals surface area contributed by atoms with E-state index in [9.17, 15) is 0 Å². The molecule has 0 N–H and O–H groups in total. The molecule has 2 aliphatic rings. The smallest absolute Gasteiger partial charge is 0.0340 e. The Morgan fingerprint density at radius 1 is 1.40 bits per heavy atom. The third-order valence-corrected chi connectivity index (χ3v) is 3.55. The molecule has 78 valence electrons. The van der Waals surface area contributed by atoms with Gasteiger partial charge in [-0.15, -0.1) is 0 Å². The molecule has 1 aromatic heterocycles. The molecule has 3 heterocycles. The van der Waals surface area contributed by atoms with E-state index in [4.69, 9.17) is 0 Å². The van der Waals surface area contributed by atoms with Gasteiger partial charge in [0.1, 0.15) is 0 Å². The fourth-order valence-electron chi connectivity index (χ4n) is 2.70. The minimum atomic E-state index is 0.818. The summed E-state index contributed by atoms with van der Waals surface area (Å²) in [6.45, 7) is 3.84. The van der Waals surface area contributed by atoms with E-state index in [1.54, 1.807) is 5.57 Å². The van der Waals surface area contributed by atoms with E-state index in [2.05, 4.69) is 22.0 Å². The molecule has 1 aromatic rings. The van der Waals surface area contributed by atoms with Crippen molar-refractivity contribution in [2.24, 2.45) is 5.92 Å². The molecule has 2 atom stereocenters. The third-order valence-electron chi connectivity index (χ3n) is 3.55. The van der Waals surface area contributed by atoms with E-state index >= 15 is 0 Å². The van der Waals surface area contributed by atoms with Crippen molar-refractivity contribution in [2.45, 2.75) is 12.8 Å². The zero-order valence-corrected chi connectivity index (χ0v) is 8.89. The van der Waals surface area contributed by atoms with E-state index in [0.29, 0.717) is 0 Å². The third kappa shape index (κ3) is 1.82. The fourth-order valence-corrected chi connectivity index (χ4v) is 2.70. The van der Waals surface area contributed by atoms with Crippen molar-refractivity contribution >= 4 is 6.08 Å². The van der Waals surface area contributed by atoms with Gasteiger partial charge in [0.2, 0.25) is 0 Å². The minimum absolute atomic E-state index is 0.818. The molecule has 2 fully saturated rings. The molecule has 2 aliphatic heterocycles. The van der Waals surface area contributed by atoms with Crippen molar-refractivity contribution in [3.8, 4) is 0 Å². The van der Waals surface area contributed by atoms with Crippen LogP contribution in [0.25, 0.3) is 6.08 Å². The van der Waals surface area contributed by atoms with Gasteiger partial charge in [0.15, 0.2) is 0 Å². The number of hydrogen-bond acceptors (Lipinski definition) is 2. The van der Waals surface area contributed by atoms with Gasteiger partial charge < -0.3 is 4.90 Å². The average Bonchev–Trinajstić information content (AvgIpc) is 2.67. The number of hydrogen-bond donors (Lipinski definition) is 0. The standard InChI is InChI=1S/C13H16N2/c1-2-11(9-14-5-1)8-12-3-6-15-7-4-13(12)10-15/h1-2,5,8-9,13H,3-4,6-7,10H2. The number of rotatable bonds is 1. The van der Waals surface area contributed by atoms with Crippen LogP contribution >= 0.6 is 0 Å². The Hall–Kier alpha value is -1.15. The van der Waals surface area contributed by atoms with Gasteiger partial charge in [0, 0.05) is 25.5 Å². The Kier molecular flexibility index (Phi) is 2.29. The van der Waals surface area contributed by atoms with Gasteiger partial charge in [0.05, 0.1) is 0 Å². The highest BCUT2D eigenvalue weighted by atomic mass is 15.2. The van der Waals surface area contributed by atoms with Gasteiger partial charge in [-0.1, -0.05) is 17.7 Å². The highest BCUT2D eigenvalue weighted by Crippen LogP contribution is 2.32. The van der Waals surface area contributed by atoms with E-state index in [-0.39, 0.29) is 0 Å². The molecule has 2 nitrogen and oxygen atoms in total. The van der Waals surface area contributed by atoms with Crippen LogP contribution in [0.4, 0.5) is 0 Å². The lowest BCUT2D eigenvalue weighted by molar-refractivity contribution is 0.308. The van der Waals surface area contributed by atoms with Crippen LogP contribution in [0.2, 0.25) is 0 Å². The van der Waals surface area contributed by atoms with Crippen LogP contribution in [0.1, 0.15) is 18.4 Å². The Balaban J connectivity index is 1.84. The first-order valence-electron chi connectivity index (χ1n) is 5.75. The second-order valence-corrected chi connectivity index (χ2v) is 4.54. The summed E-state index contributed by atoms with van der Waals surface area (Å²) in [6.07, 6.45) is 8.74. The summed E-state index contributed by atoms with van der Waals surface area (Å²) in [7, 11) is 0. The largest absolute Gasteiger partial charge is 0.302 e. The van der Waals surface area contributed by atoms with Crippen LogP contribution in [0, 0.1) is 5.92 Å². The van der Waals surface area contributed by atoms with Crippen LogP contribution < -0.4 is 0 Å². The van der Waals surface area contributed by atoms with Crippen LogP contribution in [0.5, 0.6) is 0 Å². The summed E-state index contributed by atoms with van der Waals surface area (Å²) in [5, 5.41) is 0. The summed E-state index contributed by atoms with van der Waals surface area (Å²) in [6, 6.07) is 4.15. The Morgan fingerprint density at radius 2 is 2.40 bits per heavy atom. The van der Waals surface area contributed by atoms with Crippen LogP contribution in [0.15, 0.2) is 30.1 Å². The molecule has 2 bridgehead atoms. The summed E-state index contributed by atoms with van der Waals surface area (Å²) >= 11 is 0. The van der Waals surface area contributed by atoms with Gasteiger partial charge in [-0.3, -0.25) is 4.98 Å². The molecule has 0 radical (unpaired) electrons. The zero-order valence-electron chi connectivity index (χ0n) is 8.89. The van der Waals surface area contributed by atoms with Crippen LogP contribution in [-0.2, 0) is 0 Å². The van der Waals surface area contributed by atoms with E-state index in [0.717, 1.165) is 5.92 Å². The normalized spacial score (nSPS) is 32.1. The fraction of sp³-hybridized carbons (Fsp3) is 0.462. The molecular formula is C13H16N2. The Morgan fingerprint density at radius 3 is 3.27 bits per heavy atom. The molecule has 2 unspecified atom stereocenters. The van der Waals surface area contributed by atoms with Crippen molar-refractivity contribution in [3.05, 3.63) is 35.7 Å². The Labute approximate surface area is 90.6 Å². The minimum Gasteiger partial charge on any atom is -0.302 e. The predicted octanol–water partition coefficient (Wildman–Crippen LogP) is 2.19. The van der Waals surface area contributed by atoms with Gasteiger partial charge >= 0.3 is 0 Å². The molecule has 0 saturated carbocycles. The zero-order chi connectivity index (χ0) is 10.1. The van der Waals surface area contributed by atoms with Crippen LogP contribution in [-0.4, -0.2) is 29.5 Å². The molecule has 2 saturated heterocycles. The second-order valence-electron chi connectivity index (χ2n) is 4.54. The molecule has 3 rings (SSSR count). The number of nitrogens with zero attached hydrogens (tertiary/aromatic N) is 2. The van der Waals surface area contributed by atoms with E-state index in [1.165, 1.54) is 38.0 Å².